The fourth-order valence-corrected chi connectivity index (χ4v) is 3.13. The normalized spacial score (nSPS) is 21.0. The number of esters is 1. The first kappa shape index (κ1) is 23.6. The number of phenolic OH excluding ortho intramolecular Hbond substituents is 1. The number of allylic oxidation sites excluding steroid dienone is 3. The number of hydrogen-bond acceptors (Lipinski definition) is 6. The third-order valence-electron chi connectivity index (χ3n) is 5.17. The van der Waals surface area contributed by atoms with Crippen LogP contribution in [-0.4, -0.2) is 49.4 Å². The number of aromatic hydroxyl groups is 1. The Balaban J connectivity index is 2.22. The summed E-state index contributed by atoms with van der Waals surface area (Å²) in [5, 5.41) is 9.97. The first-order valence-electron chi connectivity index (χ1n) is 10.0. The molecule has 1 saturated heterocycles. The zero-order chi connectivity index (χ0) is 22.3. The second-order valence-corrected chi connectivity index (χ2v) is 7.16. The number of carbonyl (C=O) groups is 2. The van der Waals surface area contributed by atoms with Crippen LogP contribution in [0, 0.1) is 5.92 Å². The fourth-order valence-electron chi connectivity index (χ4n) is 3.13. The molecule has 0 aliphatic carbocycles. The summed E-state index contributed by atoms with van der Waals surface area (Å²) in [6.07, 6.45) is 9.30. The highest BCUT2D eigenvalue weighted by atomic mass is 16.6. The maximum atomic E-state index is 13.1. The molecule has 1 aromatic rings. The Bertz CT molecular complexity index is 851. The van der Waals surface area contributed by atoms with Gasteiger partial charge in [0.2, 0.25) is 0 Å². The van der Waals surface area contributed by atoms with Crippen molar-refractivity contribution in [1.82, 2.24) is 0 Å². The van der Waals surface area contributed by atoms with Crippen LogP contribution in [0.25, 0.3) is 6.08 Å². The number of ketones is 1. The van der Waals surface area contributed by atoms with E-state index in [4.69, 9.17) is 14.2 Å². The van der Waals surface area contributed by atoms with E-state index in [2.05, 4.69) is 0 Å². The van der Waals surface area contributed by atoms with Crippen LogP contribution < -0.4 is 0 Å². The molecule has 1 aromatic carbocycles. The van der Waals surface area contributed by atoms with Gasteiger partial charge in [-0.2, -0.15) is 0 Å². The zero-order valence-corrected chi connectivity index (χ0v) is 18.1. The van der Waals surface area contributed by atoms with Crippen LogP contribution in [0.15, 0.2) is 48.1 Å². The van der Waals surface area contributed by atoms with E-state index in [-0.39, 0.29) is 35.4 Å². The summed E-state index contributed by atoms with van der Waals surface area (Å²) in [5.41, 5.74) is 1.34. The average Bonchev–Trinajstić information content (AvgIpc) is 3.45. The molecule has 0 aromatic heterocycles. The van der Waals surface area contributed by atoms with E-state index < -0.39 is 11.9 Å². The lowest BCUT2D eigenvalue weighted by atomic mass is 9.90. The topological polar surface area (TPSA) is 85.4 Å². The van der Waals surface area contributed by atoms with E-state index in [9.17, 15) is 14.7 Å². The smallest absolute Gasteiger partial charge is 0.342 e. The predicted octanol–water partition coefficient (Wildman–Crippen LogP) is 4.09. The summed E-state index contributed by atoms with van der Waals surface area (Å²) in [6.45, 7) is 5.78. The Morgan fingerprint density at radius 1 is 1.27 bits per heavy atom. The van der Waals surface area contributed by atoms with E-state index >= 15 is 0 Å². The molecular weight excluding hydrogens is 384 g/mol. The molecule has 1 aliphatic rings. The van der Waals surface area contributed by atoms with Gasteiger partial charge in [0.15, 0.2) is 5.78 Å². The van der Waals surface area contributed by atoms with Crippen LogP contribution in [0.4, 0.5) is 0 Å². The number of hydrogen-bond donors (Lipinski definition) is 1. The van der Waals surface area contributed by atoms with Crippen LogP contribution in [0.2, 0.25) is 0 Å². The highest BCUT2D eigenvalue weighted by molar-refractivity contribution is 5.99. The van der Waals surface area contributed by atoms with Gasteiger partial charge in [-0.15, -0.1) is 0 Å². The molecule has 6 nitrogen and oxygen atoms in total. The molecule has 0 amide bonds. The molecule has 1 aliphatic heterocycles. The summed E-state index contributed by atoms with van der Waals surface area (Å²) >= 11 is 0. The van der Waals surface area contributed by atoms with Crippen molar-refractivity contribution in [2.24, 2.45) is 5.92 Å². The molecule has 1 fully saturated rings. The van der Waals surface area contributed by atoms with Crippen molar-refractivity contribution in [2.75, 3.05) is 14.2 Å². The molecule has 30 heavy (non-hydrogen) atoms. The number of phenols is 1. The summed E-state index contributed by atoms with van der Waals surface area (Å²) in [7, 11) is 2.84. The van der Waals surface area contributed by atoms with E-state index in [0.717, 1.165) is 5.57 Å². The van der Waals surface area contributed by atoms with Gasteiger partial charge in [0, 0.05) is 7.11 Å². The third-order valence-corrected chi connectivity index (χ3v) is 5.17. The maximum Gasteiger partial charge on any atom is 0.342 e. The Morgan fingerprint density at radius 2 is 1.97 bits per heavy atom. The molecule has 2 rings (SSSR count). The van der Waals surface area contributed by atoms with Gasteiger partial charge in [-0.1, -0.05) is 43.4 Å². The Kier molecular flexibility index (Phi) is 8.57. The van der Waals surface area contributed by atoms with Crippen molar-refractivity contribution in [3.63, 3.8) is 0 Å². The van der Waals surface area contributed by atoms with Crippen molar-refractivity contribution in [3.05, 3.63) is 59.2 Å². The molecule has 4 atom stereocenters. The zero-order valence-electron chi connectivity index (χ0n) is 18.1. The molecule has 1 N–H and O–H groups in total. The lowest BCUT2D eigenvalue weighted by Crippen LogP contribution is -2.27. The Morgan fingerprint density at radius 3 is 2.53 bits per heavy atom. The minimum absolute atomic E-state index is 0.00630. The highest BCUT2D eigenvalue weighted by Gasteiger charge is 2.34. The Labute approximate surface area is 177 Å². The largest absolute Gasteiger partial charge is 0.507 e. The second kappa shape index (κ2) is 10.9. The van der Waals surface area contributed by atoms with E-state index in [1.807, 2.05) is 26.8 Å². The number of benzene rings is 1. The van der Waals surface area contributed by atoms with E-state index in [1.165, 1.54) is 13.2 Å². The van der Waals surface area contributed by atoms with Crippen molar-refractivity contribution in [3.8, 4) is 5.75 Å². The van der Waals surface area contributed by atoms with E-state index in [0.29, 0.717) is 12.0 Å². The number of carbonyl (C=O) groups excluding carboxylic acids is 2. The third kappa shape index (κ3) is 5.90. The average molecular weight is 414 g/mol. The van der Waals surface area contributed by atoms with Crippen molar-refractivity contribution in [2.45, 2.75) is 45.5 Å². The number of rotatable bonds is 10. The first-order chi connectivity index (χ1) is 14.3. The molecule has 162 valence electrons. The summed E-state index contributed by atoms with van der Waals surface area (Å²) in [6, 6.07) is 4.77. The van der Waals surface area contributed by atoms with Crippen molar-refractivity contribution >= 4 is 17.8 Å². The van der Waals surface area contributed by atoms with Gasteiger partial charge in [-0.25, -0.2) is 4.79 Å². The molecule has 1 heterocycles. The van der Waals surface area contributed by atoms with Crippen LogP contribution in [0.5, 0.6) is 5.75 Å². The molecule has 0 radical (unpaired) electrons. The van der Waals surface area contributed by atoms with Gasteiger partial charge >= 0.3 is 5.97 Å². The monoisotopic (exact) mass is 414 g/mol. The van der Waals surface area contributed by atoms with Gasteiger partial charge in [0.1, 0.15) is 17.4 Å². The molecule has 0 bridgehead atoms. The predicted molar refractivity (Wildman–Crippen MR) is 115 cm³/mol. The quantitative estimate of drug-likeness (QED) is 0.269. The number of epoxide rings is 1. The Hall–Kier alpha value is -2.70. The lowest BCUT2D eigenvalue weighted by Gasteiger charge is -2.19. The standard InChI is InChI=1S/C24H30O6/c1-6-17(14-21-16(3)30-21)23(26)19(15(2)28-4)12-8-7-10-18-11-9-13-20(25)22(18)24(27)29-5/h7-16,19,21,25H,6H2,1-5H3. The summed E-state index contributed by atoms with van der Waals surface area (Å²) in [5.74, 6) is -1.22. The van der Waals surface area contributed by atoms with Crippen LogP contribution in [-0.2, 0) is 19.0 Å². The van der Waals surface area contributed by atoms with Gasteiger partial charge in [-0.05, 0) is 43.5 Å². The van der Waals surface area contributed by atoms with Crippen molar-refractivity contribution < 1.29 is 28.9 Å². The number of methoxy groups -OCH3 is 2. The number of ether oxygens (including phenoxy) is 3. The molecule has 6 heteroatoms. The lowest BCUT2D eigenvalue weighted by molar-refractivity contribution is -0.121. The van der Waals surface area contributed by atoms with Gasteiger partial charge in [0.05, 0.1) is 25.2 Å². The molecular formula is C24H30O6. The SMILES string of the molecule is CCC(=CC1OC1C)C(=O)C(C=CC=Cc1cccc(O)c1C(=O)OC)C(C)OC. The van der Waals surface area contributed by atoms with Crippen molar-refractivity contribution in [1.29, 1.82) is 0 Å². The highest BCUT2D eigenvalue weighted by Crippen LogP contribution is 2.27. The molecule has 0 saturated carbocycles. The van der Waals surface area contributed by atoms with Gasteiger partial charge in [-0.3, -0.25) is 4.79 Å². The number of Topliss-reactive ketones (excluding diaryl/α,β-unsaturated/α-hetero) is 1. The summed E-state index contributed by atoms with van der Waals surface area (Å²) < 4.78 is 15.6. The van der Waals surface area contributed by atoms with Crippen LogP contribution in [0.1, 0.15) is 43.1 Å². The van der Waals surface area contributed by atoms with Crippen LogP contribution >= 0.6 is 0 Å². The minimum atomic E-state index is -0.618. The van der Waals surface area contributed by atoms with Gasteiger partial charge < -0.3 is 19.3 Å². The van der Waals surface area contributed by atoms with Crippen LogP contribution in [0.3, 0.4) is 0 Å². The first-order valence-corrected chi connectivity index (χ1v) is 10.0. The summed E-state index contributed by atoms with van der Waals surface area (Å²) in [4.78, 5) is 25.0. The maximum absolute atomic E-state index is 13.1. The molecule has 4 unspecified atom stereocenters. The fraction of sp³-hybridized carbons (Fsp3) is 0.417. The second-order valence-electron chi connectivity index (χ2n) is 7.16. The van der Waals surface area contributed by atoms with Gasteiger partial charge in [0.25, 0.3) is 0 Å². The van der Waals surface area contributed by atoms with E-state index in [1.54, 1.807) is 43.5 Å². The molecule has 0 spiro atoms. The minimum Gasteiger partial charge on any atom is -0.507 e.